The zero-order valence-electron chi connectivity index (χ0n) is 15.9. The molecular formula is C21H24BrN5O. The smallest absolute Gasteiger partial charge is 0.191 e. The summed E-state index contributed by atoms with van der Waals surface area (Å²) in [7, 11) is 1.77. The van der Waals surface area contributed by atoms with Crippen LogP contribution in [0.3, 0.4) is 0 Å². The van der Waals surface area contributed by atoms with Gasteiger partial charge in [-0.05, 0) is 52.9 Å². The number of rotatable bonds is 7. The summed E-state index contributed by atoms with van der Waals surface area (Å²) in [5.74, 6) is 2.42. The number of pyridine rings is 1. The van der Waals surface area contributed by atoms with Crippen molar-refractivity contribution in [1.82, 2.24) is 20.0 Å². The van der Waals surface area contributed by atoms with Crippen LogP contribution in [0, 0.1) is 5.92 Å². The summed E-state index contributed by atoms with van der Waals surface area (Å²) < 4.78 is 9.01. The Labute approximate surface area is 173 Å². The fraction of sp³-hybridized carbons (Fsp3) is 0.333. The number of benzene rings is 1. The van der Waals surface area contributed by atoms with Gasteiger partial charge in [0.1, 0.15) is 11.4 Å². The first-order valence-electron chi connectivity index (χ1n) is 9.49. The van der Waals surface area contributed by atoms with Crippen molar-refractivity contribution < 1.29 is 4.74 Å². The molecule has 146 valence electrons. The topological polar surface area (TPSA) is 63.0 Å². The van der Waals surface area contributed by atoms with Crippen LogP contribution in [0.15, 0.2) is 58.3 Å². The summed E-state index contributed by atoms with van der Waals surface area (Å²) in [6.45, 7) is 2.06. The molecule has 0 unspecified atom stereocenters. The Morgan fingerprint density at radius 3 is 2.82 bits per heavy atom. The highest BCUT2D eigenvalue weighted by Crippen LogP contribution is 2.30. The van der Waals surface area contributed by atoms with Crippen LogP contribution in [0.5, 0.6) is 5.75 Å². The number of guanidine groups is 1. The third-order valence-electron chi connectivity index (χ3n) is 4.72. The van der Waals surface area contributed by atoms with E-state index >= 15 is 0 Å². The molecule has 0 radical (unpaired) electrons. The van der Waals surface area contributed by atoms with Gasteiger partial charge in [0, 0.05) is 36.0 Å². The van der Waals surface area contributed by atoms with Gasteiger partial charge in [-0.25, -0.2) is 4.98 Å². The largest absolute Gasteiger partial charge is 0.493 e. The Hall–Kier alpha value is -2.54. The van der Waals surface area contributed by atoms with Gasteiger partial charge >= 0.3 is 0 Å². The number of ether oxygens (including phenoxy) is 1. The lowest BCUT2D eigenvalue weighted by molar-refractivity contribution is 0.296. The molecule has 0 atom stereocenters. The molecule has 28 heavy (non-hydrogen) atoms. The van der Waals surface area contributed by atoms with Crippen molar-refractivity contribution in [3.05, 3.63) is 64.5 Å². The molecule has 0 amide bonds. The highest BCUT2D eigenvalue weighted by molar-refractivity contribution is 9.10. The van der Waals surface area contributed by atoms with Gasteiger partial charge in [-0.3, -0.25) is 4.99 Å². The van der Waals surface area contributed by atoms with Gasteiger partial charge in [0.15, 0.2) is 5.96 Å². The van der Waals surface area contributed by atoms with Gasteiger partial charge in [0.2, 0.25) is 0 Å². The van der Waals surface area contributed by atoms with Crippen molar-refractivity contribution in [2.24, 2.45) is 10.9 Å². The van der Waals surface area contributed by atoms with E-state index < -0.39 is 0 Å². The fourth-order valence-corrected chi connectivity index (χ4v) is 3.31. The lowest BCUT2D eigenvalue weighted by Crippen LogP contribution is -2.36. The number of hydrogen-bond acceptors (Lipinski definition) is 3. The summed E-state index contributed by atoms with van der Waals surface area (Å²) in [6, 6.07) is 12.1. The highest BCUT2D eigenvalue weighted by atomic mass is 79.9. The summed E-state index contributed by atoms with van der Waals surface area (Å²) in [5.41, 5.74) is 3.00. The minimum atomic E-state index is 0.596. The lowest BCUT2D eigenvalue weighted by Gasteiger charge is -2.14. The zero-order valence-corrected chi connectivity index (χ0v) is 17.4. The number of nitrogens with zero attached hydrogens (tertiary/aromatic N) is 3. The molecule has 0 aliphatic heterocycles. The average Bonchev–Trinajstić information content (AvgIpc) is 3.45. The molecule has 6 nitrogen and oxygen atoms in total. The van der Waals surface area contributed by atoms with Gasteiger partial charge in [-0.15, -0.1) is 0 Å². The number of fused-ring (bicyclic) bond motifs is 1. The first-order valence-corrected chi connectivity index (χ1v) is 10.3. The standard InChI is InChI=1S/C21H24BrN5O/c1-23-21(25-11-18-13-27-12-17(22)8-9-20(27)26-18)24-10-16-4-2-3-5-19(16)28-14-15-6-7-15/h2-5,8-9,12-13,15H,6-7,10-11,14H2,1H3,(H2,23,24,25). The molecule has 7 heteroatoms. The van der Waals surface area contributed by atoms with E-state index in [2.05, 4.69) is 42.6 Å². The molecule has 0 saturated heterocycles. The molecule has 1 aliphatic carbocycles. The number of aromatic nitrogens is 2. The molecule has 0 spiro atoms. The van der Waals surface area contributed by atoms with Crippen molar-refractivity contribution in [1.29, 1.82) is 0 Å². The molecule has 1 aliphatic rings. The Morgan fingerprint density at radius 2 is 2.00 bits per heavy atom. The Balaban J connectivity index is 1.33. The van der Waals surface area contributed by atoms with Crippen molar-refractivity contribution in [2.45, 2.75) is 25.9 Å². The molecular weight excluding hydrogens is 418 g/mol. The second-order valence-corrected chi connectivity index (χ2v) is 7.90. The summed E-state index contributed by atoms with van der Waals surface area (Å²) in [6.07, 6.45) is 6.59. The highest BCUT2D eigenvalue weighted by Gasteiger charge is 2.22. The van der Waals surface area contributed by atoms with Crippen molar-refractivity contribution >= 4 is 27.5 Å². The van der Waals surface area contributed by atoms with E-state index in [0.29, 0.717) is 13.1 Å². The fourth-order valence-electron chi connectivity index (χ4n) is 2.96. The second-order valence-electron chi connectivity index (χ2n) is 6.99. The van der Waals surface area contributed by atoms with E-state index in [1.165, 1.54) is 12.8 Å². The maximum Gasteiger partial charge on any atom is 0.191 e. The molecule has 3 aromatic rings. The normalized spacial score (nSPS) is 14.3. The van der Waals surface area contributed by atoms with Gasteiger partial charge in [0.25, 0.3) is 0 Å². The maximum atomic E-state index is 5.98. The maximum absolute atomic E-state index is 5.98. The van der Waals surface area contributed by atoms with Crippen LogP contribution in [-0.4, -0.2) is 29.0 Å². The number of para-hydroxylation sites is 1. The van der Waals surface area contributed by atoms with Crippen LogP contribution in [0.2, 0.25) is 0 Å². The average molecular weight is 442 g/mol. The first-order chi connectivity index (χ1) is 13.7. The molecule has 2 N–H and O–H groups in total. The van der Waals surface area contributed by atoms with Gasteiger partial charge in [0.05, 0.1) is 18.8 Å². The molecule has 0 bridgehead atoms. The minimum Gasteiger partial charge on any atom is -0.493 e. The molecule has 1 aromatic carbocycles. The zero-order chi connectivity index (χ0) is 19.3. The predicted molar refractivity (Wildman–Crippen MR) is 115 cm³/mol. The van der Waals surface area contributed by atoms with E-state index in [0.717, 1.165) is 45.6 Å². The van der Waals surface area contributed by atoms with E-state index in [1.54, 1.807) is 7.05 Å². The number of aliphatic imine (C=N–C) groups is 1. The summed E-state index contributed by atoms with van der Waals surface area (Å²) in [5, 5.41) is 6.68. The van der Waals surface area contributed by atoms with E-state index in [-0.39, 0.29) is 0 Å². The van der Waals surface area contributed by atoms with E-state index in [9.17, 15) is 0 Å². The van der Waals surface area contributed by atoms with Gasteiger partial charge in [-0.2, -0.15) is 0 Å². The Bertz CT molecular complexity index is 980. The van der Waals surface area contributed by atoms with E-state index in [4.69, 9.17) is 4.74 Å². The molecule has 1 saturated carbocycles. The van der Waals surface area contributed by atoms with Gasteiger partial charge in [-0.1, -0.05) is 18.2 Å². The predicted octanol–water partition coefficient (Wildman–Crippen LogP) is 3.75. The lowest BCUT2D eigenvalue weighted by atomic mass is 10.2. The monoisotopic (exact) mass is 441 g/mol. The van der Waals surface area contributed by atoms with Crippen LogP contribution < -0.4 is 15.4 Å². The van der Waals surface area contributed by atoms with Crippen LogP contribution in [-0.2, 0) is 13.1 Å². The quantitative estimate of drug-likeness (QED) is 0.432. The van der Waals surface area contributed by atoms with Gasteiger partial charge < -0.3 is 19.8 Å². The van der Waals surface area contributed by atoms with Crippen LogP contribution in [0.4, 0.5) is 0 Å². The van der Waals surface area contributed by atoms with Crippen molar-refractivity contribution in [2.75, 3.05) is 13.7 Å². The Kier molecular flexibility index (Phi) is 5.81. The van der Waals surface area contributed by atoms with Crippen LogP contribution >= 0.6 is 15.9 Å². The number of imidazole rings is 1. The number of hydrogen-bond donors (Lipinski definition) is 2. The molecule has 2 aromatic heterocycles. The third kappa shape index (κ3) is 4.84. The van der Waals surface area contributed by atoms with Crippen LogP contribution in [0.1, 0.15) is 24.1 Å². The second kappa shape index (κ2) is 8.65. The number of nitrogens with one attached hydrogen (secondary N) is 2. The number of halogens is 1. The Morgan fingerprint density at radius 1 is 1.18 bits per heavy atom. The summed E-state index contributed by atoms with van der Waals surface area (Å²) in [4.78, 5) is 8.93. The minimum absolute atomic E-state index is 0.596. The SMILES string of the molecule is CN=C(NCc1cn2cc(Br)ccc2n1)NCc1ccccc1OCC1CC1. The molecule has 1 fully saturated rings. The first kappa shape index (κ1) is 18.8. The third-order valence-corrected chi connectivity index (χ3v) is 5.18. The molecule has 4 rings (SSSR count). The summed E-state index contributed by atoms with van der Waals surface area (Å²) >= 11 is 3.48. The molecule has 2 heterocycles. The van der Waals surface area contributed by atoms with Crippen molar-refractivity contribution in [3.8, 4) is 5.75 Å². The van der Waals surface area contributed by atoms with E-state index in [1.807, 2.05) is 47.1 Å². The van der Waals surface area contributed by atoms with Crippen molar-refractivity contribution in [3.63, 3.8) is 0 Å². The van der Waals surface area contributed by atoms with Crippen LogP contribution in [0.25, 0.3) is 5.65 Å².